The third-order valence-electron chi connectivity index (χ3n) is 1.86. The Kier molecular flexibility index (Phi) is 3.77. The van der Waals surface area contributed by atoms with Crippen molar-refractivity contribution in [3.8, 4) is 5.75 Å². The number of hydrogen-bond acceptors (Lipinski definition) is 5. The molecule has 0 N–H and O–H groups in total. The number of carbonyl (C=O) groups excluding carboxylic acids is 1. The van der Waals surface area contributed by atoms with E-state index in [2.05, 4.69) is 4.74 Å². The fraction of sp³-hybridized carbons (Fsp3) is 0.222. The van der Waals surface area contributed by atoms with Crippen LogP contribution in [-0.2, 0) is 13.8 Å². The number of ether oxygens (including phenoxy) is 2. The summed E-state index contributed by atoms with van der Waals surface area (Å²) in [4.78, 5) is 11.1. The van der Waals surface area contributed by atoms with Crippen LogP contribution < -0.4 is 4.74 Å². The molecule has 0 aliphatic carbocycles. The van der Waals surface area contributed by atoms with Gasteiger partial charge in [0.25, 0.3) is 9.05 Å². The molecule has 16 heavy (non-hydrogen) atoms. The molecule has 0 saturated carbocycles. The van der Waals surface area contributed by atoms with Crippen LogP contribution in [0.1, 0.15) is 10.4 Å². The predicted octanol–water partition coefficient (Wildman–Crippen LogP) is 1.41. The first-order chi connectivity index (χ1) is 7.40. The molecule has 0 saturated heterocycles. The maximum Gasteiger partial charge on any atom is 0.341 e. The Labute approximate surface area is 97.3 Å². The molecule has 5 nitrogen and oxygen atoms in total. The van der Waals surface area contributed by atoms with Crippen LogP contribution in [0.25, 0.3) is 0 Å². The predicted molar refractivity (Wildman–Crippen MR) is 57.4 cm³/mol. The summed E-state index contributed by atoms with van der Waals surface area (Å²) < 4.78 is 31.5. The van der Waals surface area contributed by atoms with Gasteiger partial charge in [-0.3, -0.25) is 0 Å². The number of carbonyl (C=O) groups is 1. The number of esters is 1. The summed E-state index contributed by atoms with van der Waals surface area (Å²) in [6, 6.07) is 3.64. The van der Waals surface area contributed by atoms with E-state index in [0.717, 1.165) is 6.07 Å². The third-order valence-corrected chi connectivity index (χ3v) is 3.21. The Balaban J connectivity index is 3.33. The van der Waals surface area contributed by atoms with E-state index in [1.54, 1.807) is 0 Å². The van der Waals surface area contributed by atoms with Crippen molar-refractivity contribution in [2.75, 3.05) is 14.2 Å². The molecule has 0 bridgehead atoms. The van der Waals surface area contributed by atoms with E-state index < -0.39 is 15.0 Å². The quantitative estimate of drug-likeness (QED) is 0.610. The van der Waals surface area contributed by atoms with Crippen LogP contribution >= 0.6 is 10.7 Å². The monoisotopic (exact) mass is 264 g/mol. The lowest BCUT2D eigenvalue weighted by Gasteiger charge is -2.07. The fourth-order valence-corrected chi connectivity index (χ4v) is 1.87. The van der Waals surface area contributed by atoms with Gasteiger partial charge in [-0.25, -0.2) is 13.2 Å². The molecule has 0 aliphatic heterocycles. The standard InChI is InChI=1S/C9H9ClO5S/c1-14-8-5-6(16(10,12)13)3-4-7(8)9(11)15-2/h3-5H,1-2H3. The van der Waals surface area contributed by atoms with Crippen LogP contribution in [0, 0.1) is 0 Å². The molecular weight excluding hydrogens is 256 g/mol. The van der Waals surface area contributed by atoms with E-state index in [0.29, 0.717) is 0 Å². The molecule has 0 unspecified atom stereocenters. The van der Waals surface area contributed by atoms with Gasteiger partial charge in [0.2, 0.25) is 0 Å². The van der Waals surface area contributed by atoms with Crippen LogP contribution in [0.15, 0.2) is 23.1 Å². The van der Waals surface area contributed by atoms with Crippen molar-refractivity contribution in [1.29, 1.82) is 0 Å². The zero-order valence-electron chi connectivity index (χ0n) is 8.56. The number of methoxy groups -OCH3 is 2. The normalized spacial score (nSPS) is 10.9. The van der Waals surface area contributed by atoms with Gasteiger partial charge < -0.3 is 9.47 Å². The number of rotatable bonds is 3. The SMILES string of the molecule is COC(=O)c1ccc(S(=O)(=O)Cl)cc1OC. The van der Waals surface area contributed by atoms with Crippen molar-refractivity contribution in [1.82, 2.24) is 0 Å². The number of halogens is 1. The molecule has 0 spiro atoms. The summed E-state index contributed by atoms with van der Waals surface area (Å²) in [6.45, 7) is 0. The Hall–Kier alpha value is -1.27. The Bertz CT molecular complexity index is 509. The second-order valence-electron chi connectivity index (χ2n) is 2.79. The maximum atomic E-state index is 11.3. The van der Waals surface area contributed by atoms with Crippen molar-refractivity contribution in [2.24, 2.45) is 0 Å². The minimum atomic E-state index is -3.84. The van der Waals surface area contributed by atoms with Gasteiger partial charge in [-0.1, -0.05) is 0 Å². The van der Waals surface area contributed by atoms with Crippen LogP contribution in [0.2, 0.25) is 0 Å². The maximum absolute atomic E-state index is 11.3. The molecule has 0 aliphatic rings. The zero-order chi connectivity index (χ0) is 12.3. The molecule has 1 aromatic carbocycles. The first kappa shape index (κ1) is 12.8. The first-order valence-electron chi connectivity index (χ1n) is 4.11. The molecule has 1 rings (SSSR count). The smallest absolute Gasteiger partial charge is 0.341 e. The Morgan fingerprint density at radius 2 is 1.94 bits per heavy atom. The number of benzene rings is 1. The zero-order valence-corrected chi connectivity index (χ0v) is 10.1. The largest absolute Gasteiger partial charge is 0.496 e. The molecule has 88 valence electrons. The Morgan fingerprint density at radius 1 is 1.31 bits per heavy atom. The summed E-state index contributed by atoms with van der Waals surface area (Å²) in [5.74, 6) is -0.524. The van der Waals surface area contributed by atoms with Crippen LogP contribution in [-0.4, -0.2) is 28.6 Å². The summed E-state index contributed by atoms with van der Waals surface area (Å²) in [6.07, 6.45) is 0. The fourth-order valence-electron chi connectivity index (χ4n) is 1.10. The van der Waals surface area contributed by atoms with Crippen LogP contribution in [0.4, 0.5) is 0 Å². The van der Waals surface area contributed by atoms with E-state index in [9.17, 15) is 13.2 Å². The van der Waals surface area contributed by atoms with Gasteiger partial charge in [0, 0.05) is 16.7 Å². The minimum Gasteiger partial charge on any atom is -0.496 e. The van der Waals surface area contributed by atoms with Crippen molar-refractivity contribution >= 4 is 25.7 Å². The summed E-state index contributed by atoms with van der Waals surface area (Å²) in [5, 5.41) is 0. The lowest BCUT2D eigenvalue weighted by Crippen LogP contribution is -2.05. The molecule has 0 heterocycles. The van der Waals surface area contributed by atoms with E-state index in [4.69, 9.17) is 15.4 Å². The minimum absolute atomic E-state index is 0.0913. The van der Waals surface area contributed by atoms with Gasteiger partial charge in [-0.05, 0) is 12.1 Å². The lowest BCUT2D eigenvalue weighted by molar-refractivity contribution is 0.0597. The first-order valence-corrected chi connectivity index (χ1v) is 6.42. The lowest BCUT2D eigenvalue weighted by atomic mass is 10.2. The van der Waals surface area contributed by atoms with E-state index >= 15 is 0 Å². The highest BCUT2D eigenvalue weighted by molar-refractivity contribution is 8.13. The van der Waals surface area contributed by atoms with Crippen molar-refractivity contribution in [3.05, 3.63) is 23.8 Å². The van der Waals surface area contributed by atoms with Gasteiger partial charge in [-0.2, -0.15) is 0 Å². The second kappa shape index (κ2) is 4.71. The molecular formula is C9H9ClO5S. The van der Waals surface area contributed by atoms with Crippen LogP contribution in [0.3, 0.4) is 0 Å². The number of hydrogen-bond donors (Lipinski definition) is 0. The van der Waals surface area contributed by atoms with Gasteiger partial charge in [0.15, 0.2) is 0 Å². The van der Waals surface area contributed by atoms with Crippen molar-refractivity contribution < 1.29 is 22.7 Å². The van der Waals surface area contributed by atoms with E-state index in [-0.39, 0.29) is 16.2 Å². The third kappa shape index (κ3) is 2.65. The molecule has 0 amide bonds. The molecule has 0 atom stereocenters. The molecule has 0 aromatic heterocycles. The van der Waals surface area contributed by atoms with Gasteiger partial charge >= 0.3 is 5.97 Å². The topological polar surface area (TPSA) is 69.7 Å². The summed E-state index contributed by atoms with van der Waals surface area (Å²) in [7, 11) is 3.84. The van der Waals surface area contributed by atoms with Gasteiger partial charge in [0.1, 0.15) is 11.3 Å². The summed E-state index contributed by atoms with van der Waals surface area (Å²) >= 11 is 0. The highest BCUT2D eigenvalue weighted by Gasteiger charge is 2.17. The van der Waals surface area contributed by atoms with Crippen molar-refractivity contribution in [2.45, 2.75) is 4.90 Å². The second-order valence-corrected chi connectivity index (χ2v) is 5.36. The van der Waals surface area contributed by atoms with Gasteiger partial charge in [0.05, 0.1) is 19.1 Å². The highest BCUT2D eigenvalue weighted by atomic mass is 35.7. The van der Waals surface area contributed by atoms with Gasteiger partial charge in [-0.15, -0.1) is 0 Å². The van der Waals surface area contributed by atoms with Crippen LogP contribution in [0.5, 0.6) is 5.75 Å². The average molecular weight is 265 g/mol. The summed E-state index contributed by atoms with van der Waals surface area (Å²) in [5.41, 5.74) is 0.133. The average Bonchev–Trinajstić information content (AvgIpc) is 2.26. The molecule has 7 heteroatoms. The van der Waals surface area contributed by atoms with E-state index in [1.165, 1.54) is 26.4 Å². The molecule has 0 radical (unpaired) electrons. The molecule has 0 fully saturated rings. The van der Waals surface area contributed by atoms with Crippen molar-refractivity contribution in [3.63, 3.8) is 0 Å². The molecule has 1 aromatic rings. The van der Waals surface area contributed by atoms with E-state index in [1.807, 2.05) is 0 Å². The highest BCUT2D eigenvalue weighted by Crippen LogP contribution is 2.25. The Morgan fingerprint density at radius 3 is 2.38 bits per heavy atom.